The summed E-state index contributed by atoms with van der Waals surface area (Å²) in [5.74, 6) is -1.31. The highest BCUT2D eigenvalue weighted by Crippen LogP contribution is 2.36. The molecule has 0 aliphatic carbocycles. The second-order valence-corrected chi connectivity index (χ2v) is 8.04. The Balaban J connectivity index is 1.46. The molecular weight excluding hydrogens is 396 g/mol. The fraction of sp³-hybridized carbons (Fsp3) is 0.292. The molecular formula is C24H24N2O5. The Morgan fingerprint density at radius 1 is 1.16 bits per heavy atom. The van der Waals surface area contributed by atoms with Crippen molar-refractivity contribution in [1.29, 1.82) is 0 Å². The number of para-hydroxylation sites is 2. The minimum atomic E-state index is -1.12. The summed E-state index contributed by atoms with van der Waals surface area (Å²) in [5, 5.41) is 3.65. The molecule has 3 aromatic rings. The number of furan rings is 1. The molecule has 7 heteroatoms. The number of esters is 1. The van der Waals surface area contributed by atoms with Crippen LogP contribution in [-0.4, -0.2) is 29.9 Å². The van der Waals surface area contributed by atoms with Gasteiger partial charge in [0.25, 0.3) is 5.91 Å². The van der Waals surface area contributed by atoms with Gasteiger partial charge in [0.1, 0.15) is 11.1 Å². The molecule has 1 N–H and O–H groups in total. The van der Waals surface area contributed by atoms with Gasteiger partial charge in [-0.25, -0.2) is 0 Å². The van der Waals surface area contributed by atoms with Gasteiger partial charge in [0.05, 0.1) is 24.1 Å². The number of rotatable bonds is 5. The molecule has 1 aliphatic heterocycles. The second-order valence-electron chi connectivity index (χ2n) is 8.04. The number of hydrogen-bond donors (Lipinski definition) is 1. The van der Waals surface area contributed by atoms with Gasteiger partial charge in [-0.15, -0.1) is 0 Å². The summed E-state index contributed by atoms with van der Waals surface area (Å²) in [4.78, 5) is 39.3. The molecule has 31 heavy (non-hydrogen) atoms. The summed E-state index contributed by atoms with van der Waals surface area (Å²) in [6.45, 7) is 4.91. The lowest BCUT2D eigenvalue weighted by Crippen LogP contribution is -2.59. The Morgan fingerprint density at radius 2 is 1.94 bits per heavy atom. The van der Waals surface area contributed by atoms with E-state index >= 15 is 0 Å². The van der Waals surface area contributed by atoms with E-state index < -0.39 is 24.0 Å². The van der Waals surface area contributed by atoms with Crippen molar-refractivity contribution >= 4 is 40.1 Å². The Bertz CT molecular complexity index is 1180. The maximum Gasteiger partial charge on any atom is 0.310 e. The molecule has 2 aromatic carbocycles. The first-order valence-electron chi connectivity index (χ1n) is 10.2. The van der Waals surface area contributed by atoms with Gasteiger partial charge >= 0.3 is 5.97 Å². The zero-order chi connectivity index (χ0) is 22.2. The molecule has 160 valence electrons. The van der Waals surface area contributed by atoms with Gasteiger partial charge in [-0.05, 0) is 44.0 Å². The molecule has 1 aliphatic rings. The van der Waals surface area contributed by atoms with Crippen molar-refractivity contribution in [3.63, 3.8) is 0 Å². The summed E-state index contributed by atoms with van der Waals surface area (Å²) in [6.07, 6.45) is 2.43. The normalized spacial score (nSPS) is 14.8. The first-order valence-corrected chi connectivity index (χ1v) is 10.2. The Morgan fingerprint density at radius 3 is 2.71 bits per heavy atom. The summed E-state index contributed by atoms with van der Waals surface area (Å²) in [7, 11) is 0. The largest absolute Gasteiger partial charge is 0.464 e. The molecule has 1 aromatic heterocycles. The highest BCUT2D eigenvalue weighted by molar-refractivity contribution is 6.14. The van der Waals surface area contributed by atoms with Gasteiger partial charge in [-0.2, -0.15) is 0 Å². The molecule has 4 rings (SSSR count). The van der Waals surface area contributed by atoms with Gasteiger partial charge in [0.15, 0.2) is 6.61 Å². The lowest BCUT2D eigenvalue weighted by Gasteiger charge is -2.41. The van der Waals surface area contributed by atoms with Crippen molar-refractivity contribution in [2.75, 3.05) is 16.8 Å². The van der Waals surface area contributed by atoms with Crippen molar-refractivity contribution in [3.8, 4) is 0 Å². The number of anilines is 2. The van der Waals surface area contributed by atoms with Crippen LogP contribution in [0.1, 0.15) is 31.9 Å². The molecule has 0 bridgehead atoms. The van der Waals surface area contributed by atoms with Crippen molar-refractivity contribution in [2.45, 2.75) is 39.2 Å². The number of carbonyl (C=O) groups is 3. The van der Waals surface area contributed by atoms with Crippen LogP contribution >= 0.6 is 0 Å². The fourth-order valence-corrected chi connectivity index (χ4v) is 3.80. The van der Waals surface area contributed by atoms with E-state index in [4.69, 9.17) is 9.15 Å². The first-order chi connectivity index (χ1) is 14.8. The molecule has 7 nitrogen and oxygen atoms in total. The molecule has 2 heterocycles. The summed E-state index contributed by atoms with van der Waals surface area (Å²) < 4.78 is 10.8. The zero-order valence-electron chi connectivity index (χ0n) is 17.7. The summed E-state index contributed by atoms with van der Waals surface area (Å²) in [5.41, 5.74) is 2.57. The van der Waals surface area contributed by atoms with E-state index in [9.17, 15) is 14.4 Å². The van der Waals surface area contributed by atoms with Gasteiger partial charge in [0.2, 0.25) is 5.91 Å². The first kappa shape index (κ1) is 20.7. The van der Waals surface area contributed by atoms with E-state index in [2.05, 4.69) is 12.2 Å². The maximum absolute atomic E-state index is 13.0. The molecule has 0 spiro atoms. The van der Waals surface area contributed by atoms with Crippen LogP contribution in [0.5, 0.6) is 0 Å². The zero-order valence-corrected chi connectivity index (χ0v) is 17.7. The topological polar surface area (TPSA) is 88.9 Å². The summed E-state index contributed by atoms with van der Waals surface area (Å²) >= 11 is 0. The number of nitrogens with zero attached hydrogens (tertiary/aromatic N) is 1. The molecule has 0 unspecified atom stereocenters. The minimum Gasteiger partial charge on any atom is -0.464 e. The number of carbonyl (C=O) groups excluding carboxylic acids is 3. The molecule has 0 saturated carbocycles. The third-order valence-electron chi connectivity index (χ3n) is 5.58. The van der Waals surface area contributed by atoms with Crippen LogP contribution in [0.3, 0.4) is 0 Å². The SMILES string of the molecule is CCc1ccc2c(CC(=O)OCC(=O)N3c4ccccc4NC(=O)C3(C)C)coc2c1. The van der Waals surface area contributed by atoms with E-state index in [1.807, 2.05) is 18.2 Å². The lowest BCUT2D eigenvalue weighted by molar-refractivity contribution is -0.147. The van der Waals surface area contributed by atoms with Crippen LogP contribution in [0.15, 0.2) is 53.1 Å². The van der Waals surface area contributed by atoms with E-state index in [1.165, 1.54) is 4.90 Å². The van der Waals surface area contributed by atoms with Crippen molar-refractivity contribution in [2.24, 2.45) is 0 Å². The van der Waals surface area contributed by atoms with Crippen molar-refractivity contribution in [1.82, 2.24) is 0 Å². The van der Waals surface area contributed by atoms with Crippen LogP contribution in [0.4, 0.5) is 11.4 Å². The third kappa shape index (κ3) is 3.79. The Hall–Kier alpha value is -3.61. The van der Waals surface area contributed by atoms with Crippen LogP contribution in [0, 0.1) is 0 Å². The monoisotopic (exact) mass is 420 g/mol. The number of hydrogen-bond acceptors (Lipinski definition) is 5. The van der Waals surface area contributed by atoms with Gasteiger partial charge < -0.3 is 14.5 Å². The van der Waals surface area contributed by atoms with Crippen LogP contribution < -0.4 is 10.2 Å². The minimum absolute atomic E-state index is 0.00772. The fourth-order valence-electron chi connectivity index (χ4n) is 3.80. The molecule has 0 radical (unpaired) electrons. The number of amides is 2. The highest BCUT2D eigenvalue weighted by Gasteiger charge is 2.43. The van der Waals surface area contributed by atoms with Gasteiger partial charge in [-0.1, -0.05) is 31.2 Å². The molecule has 0 atom stereocenters. The average molecular weight is 420 g/mol. The highest BCUT2D eigenvalue weighted by atomic mass is 16.5. The standard InChI is InChI=1S/C24H24N2O5/c1-4-15-9-10-17-16(13-30-20(17)11-15)12-22(28)31-14-21(27)26-19-8-6-5-7-18(19)25-23(29)24(26,2)3/h5-11,13H,4,12,14H2,1-3H3,(H,25,29). The molecule has 2 amide bonds. The molecule has 0 saturated heterocycles. The van der Waals surface area contributed by atoms with Crippen molar-refractivity contribution < 1.29 is 23.5 Å². The maximum atomic E-state index is 13.0. The number of nitrogens with one attached hydrogen (secondary N) is 1. The summed E-state index contributed by atoms with van der Waals surface area (Å²) in [6, 6.07) is 12.9. The second kappa shape index (κ2) is 7.91. The average Bonchev–Trinajstić information content (AvgIpc) is 3.14. The van der Waals surface area contributed by atoms with Gasteiger partial charge in [-0.3, -0.25) is 19.3 Å². The van der Waals surface area contributed by atoms with E-state index in [0.29, 0.717) is 16.9 Å². The number of aryl methyl sites for hydroxylation is 1. The predicted molar refractivity (Wildman–Crippen MR) is 117 cm³/mol. The quantitative estimate of drug-likeness (QED) is 0.634. The van der Waals surface area contributed by atoms with Gasteiger partial charge in [0, 0.05) is 10.9 Å². The predicted octanol–water partition coefficient (Wildman–Crippen LogP) is 3.84. The Kier molecular flexibility index (Phi) is 5.27. The number of fused-ring (bicyclic) bond motifs is 2. The van der Waals surface area contributed by atoms with E-state index in [1.54, 1.807) is 44.4 Å². The van der Waals surface area contributed by atoms with E-state index in [0.717, 1.165) is 23.0 Å². The lowest BCUT2D eigenvalue weighted by atomic mass is 9.96. The smallest absolute Gasteiger partial charge is 0.310 e. The number of ether oxygens (including phenoxy) is 1. The van der Waals surface area contributed by atoms with E-state index in [-0.39, 0.29) is 12.3 Å². The van der Waals surface area contributed by atoms with Crippen LogP contribution in [0.25, 0.3) is 11.0 Å². The molecule has 0 fully saturated rings. The van der Waals surface area contributed by atoms with Crippen LogP contribution in [-0.2, 0) is 32.0 Å². The van der Waals surface area contributed by atoms with Crippen molar-refractivity contribution in [3.05, 3.63) is 59.9 Å². The number of benzene rings is 2. The third-order valence-corrected chi connectivity index (χ3v) is 5.58. The van der Waals surface area contributed by atoms with Crippen LogP contribution in [0.2, 0.25) is 0 Å². The Labute approximate surface area is 180 Å².